The second kappa shape index (κ2) is 6.52. The lowest BCUT2D eigenvalue weighted by atomic mass is 10.2. The number of nitrogens with zero attached hydrogens (tertiary/aromatic N) is 2. The van der Waals surface area contributed by atoms with Gasteiger partial charge in [-0.1, -0.05) is 24.3 Å². The van der Waals surface area contributed by atoms with Crippen LogP contribution < -0.4 is 5.32 Å². The number of nitrogens with one attached hydrogen (secondary N) is 1. The minimum absolute atomic E-state index is 0.170. The van der Waals surface area contributed by atoms with Crippen molar-refractivity contribution >= 4 is 22.5 Å². The van der Waals surface area contributed by atoms with Gasteiger partial charge in [0, 0.05) is 30.0 Å². The molecule has 0 radical (unpaired) electrons. The molecule has 0 saturated heterocycles. The SMILES string of the molecule is Cc1ccc(Cn2cc(NC(=O)c3ccoc3C)c3ccccc32)cn1. The number of aromatic nitrogens is 2. The van der Waals surface area contributed by atoms with E-state index in [1.807, 2.05) is 43.6 Å². The van der Waals surface area contributed by atoms with E-state index in [4.69, 9.17) is 4.42 Å². The molecule has 26 heavy (non-hydrogen) atoms. The van der Waals surface area contributed by atoms with Crippen LogP contribution in [0.15, 0.2) is 65.5 Å². The zero-order chi connectivity index (χ0) is 18.1. The summed E-state index contributed by atoms with van der Waals surface area (Å²) in [6.45, 7) is 4.44. The standard InChI is InChI=1S/C21H19N3O2/c1-14-7-8-16(11-22-14)12-24-13-19(18-5-3-4-6-20(18)24)23-21(25)17-9-10-26-15(17)2/h3-11,13H,12H2,1-2H3,(H,23,25). The van der Waals surface area contributed by atoms with E-state index >= 15 is 0 Å². The second-order valence-corrected chi connectivity index (χ2v) is 6.34. The molecule has 4 rings (SSSR count). The van der Waals surface area contributed by atoms with Crippen molar-refractivity contribution in [3.05, 3.63) is 83.7 Å². The van der Waals surface area contributed by atoms with Crippen molar-refractivity contribution in [3.63, 3.8) is 0 Å². The Balaban J connectivity index is 1.68. The van der Waals surface area contributed by atoms with Crippen LogP contribution in [0.3, 0.4) is 0 Å². The van der Waals surface area contributed by atoms with Gasteiger partial charge in [-0.25, -0.2) is 0 Å². The molecular formula is C21H19N3O2. The average molecular weight is 345 g/mol. The van der Waals surface area contributed by atoms with Crippen LogP contribution in [0.2, 0.25) is 0 Å². The van der Waals surface area contributed by atoms with Crippen LogP contribution in [-0.4, -0.2) is 15.5 Å². The van der Waals surface area contributed by atoms with Crippen LogP contribution in [0.4, 0.5) is 5.69 Å². The van der Waals surface area contributed by atoms with Crippen LogP contribution in [0.25, 0.3) is 10.9 Å². The highest BCUT2D eigenvalue weighted by molar-refractivity contribution is 6.09. The van der Waals surface area contributed by atoms with Gasteiger partial charge in [0.15, 0.2) is 0 Å². The quantitative estimate of drug-likeness (QED) is 0.590. The summed E-state index contributed by atoms with van der Waals surface area (Å²) in [5.74, 6) is 0.438. The summed E-state index contributed by atoms with van der Waals surface area (Å²) in [4.78, 5) is 16.9. The maximum absolute atomic E-state index is 12.6. The lowest BCUT2D eigenvalue weighted by molar-refractivity contribution is 0.102. The van der Waals surface area contributed by atoms with E-state index < -0.39 is 0 Å². The topological polar surface area (TPSA) is 60.1 Å². The number of furan rings is 1. The predicted octanol–water partition coefficient (Wildman–Crippen LogP) is 4.55. The number of hydrogen-bond donors (Lipinski definition) is 1. The summed E-state index contributed by atoms with van der Waals surface area (Å²) in [6.07, 6.45) is 5.38. The third-order valence-corrected chi connectivity index (χ3v) is 4.47. The Bertz CT molecular complexity index is 1070. The Morgan fingerprint density at radius 2 is 2.00 bits per heavy atom. The number of fused-ring (bicyclic) bond motifs is 1. The van der Waals surface area contributed by atoms with Crippen LogP contribution in [0.5, 0.6) is 0 Å². The number of benzene rings is 1. The minimum atomic E-state index is -0.170. The van der Waals surface area contributed by atoms with Crippen LogP contribution in [0, 0.1) is 13.8 Å². The molecular weight excluding hydrogens is 326 g/mol. The molecule has 1 aromatic carbocycles. The molecule has 130 valence electrons. The highest BCUT2D eigenvalue weighted by Crippen LogP contribution is 2.27. The van der Waals surface area contributed by atoms with Crippen molar-refractivity contribution in [2.75, 3.05) is 5.32 Å². The van der Waals surface area contributed by atoms with E-state index in [0.29, 0.717) is 17.9 Å². The lowest BCUT2D eigenvalue weighted by Gasteiger charge is -2.05. The molecule has 5 nitrogen and oxygen atoms in total. The summed E-state index contributed by atoms with van der Waals surface area (Å²) in [5, 5.41) is 4.01. The first-order valence-corrected chi connectivity index (χ1v) is 8.46. The Morgan fingerprint density at radius 1 is 1.15 bits per heavy atom. The highest BCUT2D eigenvalue weighted by atomic mass is 16.3. The fourth-order valence-corrected chi connectivity index (χ4v) is 3.08. The number of para-hydroxylation sites is 1. The summed E-state index contributed by atoms with van der Waals surface area (Å²) < 4.78 is 7.36. The molecule has 5 heteroatoms. The zero-order valence-corrected chi connectivity index (χ0v) is 14.7. The van der Waals surface area contributed by atoms with Gasteiger partial charge in [0.25, 0.3) is 5.91 Å². The molecule has 0 aliphatic carbocycles. The van der Waals surface area contributed by atoms with E-state index in [-0.39, 0.29) is 5.91 Å². The lowest BCUT2D eigenvalue weighted by Crippen LogP contribution is -2.11. The van der Waals surface area contributed by atoms with Gasteiger partial charge in [-0.15, -0.1) is 0 Å². The highest BCUT2D eigenvalue weighted by Gasteiger charge is 2.15. The van der Waals surface area contributed by atoms with Gasteiger partial charge >= 0.3 is 0 Å². The molecule has 0 aliphatic heterocycles. The predicted molar refractivity (Wildman–Crippen MR) is 101 cm³/mol. The first-order chi connectivity index (χ1) is 12.6. The molecule has 3 heterocycles. The van der Waals surface area contributed by atoms with Crippen molar-refractivity contribution in [2.24, 2.45) is 0 Å². The third kappa shape index (κ3) is 2.99. The molecule has 0 bridgehead atoms. The Hall–Kier alpha value is -3.34. The van der Waals surface area contributed by atoms with Crippen molar-refractivity contribution in [1.29, 1.82) is 0 Å². The summed E-state index contributed by atoms with van der Waals surface area (Å²) >= 11 is 0. The summed E-state index contributed by atoms with van der Waals surface area (Å²) in [5.41, 5.74) is 4.50. The zero-order valence-electron chi connectivity index (χ0n) is 14.7. The van der Waals surface area contributed by atoms with Crippen molar-refractivity contribution < 1.29 is 9.21 Å². The molecule has 0 atom stereocenters. The van der Waals surface area contributed by atoms with Crippen molar-refractivity contribution in [2.45, 2.75) is 20.4 Å². The van der Waals surface area contributed by atoms with Crippen LogP contribution in [0.1, 0.15) is 27.4 Å². The van der Waals surface area contributed by atoms with Gasteiger partial charge in [0.1, 0.15) is 5.76 Å². The van der Waals surface area contributed by atoms with E-state index in [9.17, 15) is 4.79 Å². The van der Waals surface area contributed by atoms with E-state index in [2.05, 4.69) is 27.0 Å². The van der Waals surface area contributed by atoms with Crippen molar-refractivity contribution in [3.8, 4) is 0 Å². The third-order valence-electron chi connectivity index (χ3n) is 4.47. The maximum Gasteiger partial charge on any atom is 0.259 e. The second-order valence-electron chi connectivity index (χ2n) is 6.34. The normalized spacial score (nSPS) is 11.0. The molecule has 1 amide bonds. The number of pyridine rings is 1. The fourth-order valence-electron chi connectivity index (χ4n) is 3.08. The molecule has 0 spiro atoms. The van der Waals surface area contributed by atoms with E-state index in [0.717, 1.165) is 27.8 Å². The van der Waals surface area contributed by atoms with Crippen molar-refractivity contribution in [1.82, 2.24) is 9.55 Å². The molecule has 3 aromatic heterocycles. The van der Waals surface area contributed by atoms with Gasteiger partial charge in [-0.3, -0.25) is 9.78 Å². The molecule has 0 saturated carbocycles. The van der Waals surface area contributed by atoms with Crippen LogP contribution >= 0.6 is 0 Å². The van der Waals surface area contributed by atoms with Crippen LogP contribution in [-0.2, 0) is 6.54 Å². The summed E-state index contributed by atoms with van der Waals surface area (Å²) in [7, 11) is 0. The number of carbonyl (C=O) groups excluding carboxylic acids is 1. The maximum atomic E-state index is 12.6. The first-order valence-electron chi connectivity index (χ1n) is 8.46. The number of rotatable bonds is 4. The molecule has 4 aromatic rings. The largest absolute Gasteiger partial charge is 0.469 e. The molecule has 0 unspecified atom stereocenters. The number of anilines is 1. The molecule has 0 aliphatic rings. The first kappa shape index (κ1) is 16.1. The summed E-state index contributed by atoms with van der Waals surface area (Å²) in [6, 6.07) is 13.8. The Kier molecular flexibility index (Phi) is 4.05. The fraction of sp³-hybridized carbons (Fsp3) is 0.143. The Morgan fingerprint density at radius 3 is 2.73 bits per heavy atom. The van der Waals surface area contributed by atoms with Gasteiger partial charge in [-0.2, -0.15) is 0 Å². The van der Waals surface area contributed by atoms with E-state index in [1.165, 1.54) is 6.26 Å². The van der Waals surface area contributed by atoms with Gasteiger partial charge in [-0.05, 0) is 37.6 Å². The smallest absolute Gasteiger partial charge is 0.259 e. The van der Waals surface area contributed by atoms with Gasteiger partial charge in [0.2, 0.25) is 0 Å². The Labute approximate surface area is 151 Å². The average Bonchev–Trinajstić information content (AvgIpc) is 3.22. The molecule has 0 fully saturated rings. The molecule has 1 N–H and O–H groups in total. The minimum Gasteiger partial charge on any atom is -0.469 e. The number of hydrogen-bond acceptors (Lipinski definition) is 3. The van der Waals surface area contributed by atoms with E-state index in [1.54, 1.807) is 13.0 Å². The van der Waals surface area contributed by atoms with Gasteiger partial charge < -0.3 is 14.3 Å². The number of aryl methyl sites for hydroxylation is 2. The van der Waals surface area contributed by atoms with Gasteiger partial charge in [0.05, 0.1) is 23.0 Å². The number of carbonyl (C=O) groups is 1. The monoisotopic (exact) mass is 345 g/mol. The number of amides is 1.